The number of aliphatic hydroxyl groups excluding tert-OH is 1. The van der Waals surface area contributed by atoms with Gasteiger partial charge in [0.15, 0.2) is 5.79 Å². The van der Waals surface area contributed by atoms with Gasteiger partial charge in [-0.15, -0.1) is 0 Å². The highest BCUT2D eigenvalue weighted by Crippen LogP contribution is 2.57. The van der Waals surface area contributed by atoms with E-state index < -0.39 is 17.3 Å². The van der Waals surface area contributed by atoms with E-state index in [4.69, 9.17) is 42.1 Å². The van der Waals surface area contributed by atoms with Crippen LogP contribution in [0, 0.1) is 5.41 Å². The number of pyridine rings is 1. The maximum atomic E-state index is 11.9. The van der Waals surface area contributed by atoms with Crippen molar-refractivity contribution in [3.63, 3.8) is 0 Å². The average Bonchev–Trinajstić information content (AvgIpc) is 3.69. The van der Waals surface area contributed by atoms with Crippen LogP contribution in [0.1, 0.15) is 50.0 Å². The maximum Gasteiger partial charge on any atom is 0.163 e. The van der Waals surface area contributed by atoms with E-state index in [1.54, 1.807) is 7.11 Å². The molecule has 240 valence electrons. The number of halogens is 3. The van der Waals surface area contributed by atoms with Crippen LogP contribution in [0.25, 0.3) is 21.9 Å². The molecule has 12 heteroatoms. The molecule has 2 aromatic carbocycles. The molecule has 2 aliphatic rings. The van der Waals surface area contributed by atoms with E-state index in [1.807, 2.05) is 74.6 Å². The molecule has 7 rings (SSSR count). The molecule has 0 amide bonds. The Morgan fingerprint density at radius 2 is 1.87 bits per heavy atom. The summed E-state index contributed by atoms with van der Waals surface area (Å²) in [5.74, 6) is -0.0581. The molecule has 0 bridgehead atoms. The minimum Gasteiger partial charge on any atom is -0.497 e. The molecule has 1 N–H and O–H groups in total. The number of benzene rings is 2. The molecule has 1 saturated carbocycles. The summed E-state index contributed by atoms with van der Waals surface area (Å²) in [5.41, 5.74) is 2.53. The number of aliphatic hydroxyl groups is 1. The van der Waals surface area contributed by atoms with Crippen LogP contribution in [0.5, 0.6) is 5.75 Å². The fraction of sp³-hybridized carbons (Fsp3) is 0.382. The van der Waals surface area contributed by atoms with Gasteiger partial charge in [-0.1, -0.05) is 47.5 Å². The Labute approximate surface area is 284 Å². The molecule has 4 heterocycles. The molecule has 46 heavy (non-hydrogen) atoms. The van der Waals surface area contributed by atoms with Crippen LogP contribution in [-0.4, -0.2) is 56.3 Å². The van der Waals surface area contributed by atoms with E-state index in [9.17, 15) is 5.11 Å². The standard InChI is InChI=1S/C34H33BrCl2N4O5/c1-33(2)45-28-26(41-11-10-23-30(36)38-18-39-32(23)41)14-34(29(28)46-33,17-44-16-19-4-8-22(43-3)9-5-19)15-27(42)21-7-6-20-12-24(35)31(37)40-25(20)13-21/h4-13,18,26-29,42H,14-17H2,1-3H3/t26-,27?,28+,29+,34-/m1/s1. The monoisotopic (exact) mass is 726 g/mol. The van der Waals surface area contributed by atoms with Gasteiger partial charge >= 0.3 is 0 Å². The highest BCUT2D eigenvalue weighted by atomic mass is 79.9. The zero-order valence-electron chi connectivity index (χ0n) is 25.5. The third-order valence-corrected chi connectivity index (χ3v) is 10.5. The van der Waals surface area contributed by atoms with Crippen molar-refractivity contribution in [2.75, 3.05) is 13.7 Å². The number of nitrogens with zero attached hydrogens (tertiary/aromatic N) is 4. The molecular formula is C34H33BrCl2N4O5. The van der Waals surface area contributed by atoms with E-state index in [0.29, 0.717) is 41.9 Å². The van der Waals surface area contributed by atoms with Crippen molar-refractivity contribution in [2.45, 2.75) is 63.4 Å². The summed E-state index contributed by atoms with van der Waals surface area (Å²) in [7, 11) is 1.64. The summed E-state index contributed by atoms with van der Waals surface area (Å²) >= 11 is 16.2. The molecule has 1 saturated heterocycles. The number of ether oxygens (including phenoxy) is 4. The zero-order chi connectivity index (χ0) is 32.2. The number of fused-ring (bicyclic) bond motifs is 3. The topological polar surface area (TPSA) is 101 Å². The summed E-state index contributed by atoms with van der Waals surface area (Å²) in [4.78, 5) is 13.2. The van der Waals surface area contributed by atoms with Crippen LogP contribution in [-0.2, 0) is 20.8 Å². The lowest BCUT2D eigenvalue weighted by Gasteiger charge is -2.37. The van der Waals surface area contributed by atoms with Gasteiger partial charge in [0.05, 0.1) is 53.9 Å². The van der Waals surface area contributed by atoms with Crippen LogP contribution >= 0.6 is 39.1 Å². The van der Waals surface area contributed by atoms with Crippen LogP contribution in [0.15, 0.2) is 71.6 Å². The molecule has 2 fully saturated rings. The van der Waals surface area contributed by atoms with Crippen molar-refractivity contribution in [2.24, 2.45) is 5.41 Å². The first-order valence-corrected chi connectivity index (χ1v) is 16.6. The maximum absolute atomic E-state index is 11.9. The Bertz CT molecular complexity index is 1900. The molecule has 1 aliphatic heterocycles. The summed E-state index contributed by atoms with van der Waals surface area (Å²) in [6, 6.07) is 17.3. The van der Waals surface area contributed by atoms with E-state index in [-0.39, 0.29) is 18.2 Å². The van der Waals surface area contributed by atoms with Gasteiger partial charge < -0.3 is 28.6 Å². The van der Waals surface area contributed by atoms with Gasteiger partial charge in [0.1, 0.15) is 34.1 Å². The summed E-state index contributed by atoms with van der Waals surface area (Å²) in [6.45, 7) is 4.56. The number of aromatic nitrogens is 4. The van der Waals surface area contributed by atoms with Crippen molar-refractivity contribution >= 4 is 61.1 Å². The first-order chi connectivity index (χ1) is 22.1. The predicted molar refractivity (Wildman–Crippen MR) is 179 cm³/mol. The summed E-state index contributed by atoms with van der Waals surface area (Å²) in [5, 5.41) is 14.3. The Morgan fingerprint density at radius 3 is 2.65 bits per heavy atom. The largest absolute Gasteiger partial charge is 0.497 e. The number of hydrogen-bond acceptors (Lipinski definition) is 8. The van der Waals surface area contributed by atoms with Crippen LogP contribution in [0.2, 0.25) is 10.3 Å². The Hall–Kier alpha value is -2.83. The fourth-order valence-electron chi connectivity index (χ4n) is 7.00. The quantitative estimate of drug-likeness (QED) is 0.121. The van der Waals surface area contributed by atoms with Gasteiger partial charge in [-0.2, -0.15) is 0 Å². The number of rotatable bonds is 9. The van der Waals surface area contributed by atoms with E-state index >= 15 is 0 Å². The molecular weight excluding hydrogens is 695 g/mol. The van der Waals surface area contributed by atoms with Crippen molar-refractivity contribution in [3.05, 3.63) is 93.0 Å². The van der Waals surface area contributed by atoms with Crippen LogP contribution in [0.4, 0.5) is 0 Å². The van der Waals surface area contributed by atoms with E-state index in [0.717, 1.165) is 37.8 Å². The predicted octanol–water partition coefficient (Wildman–Crippen LogP) is 7.85. The molecule has 3 aromatic heterocycles. The van der Waals surface area contributed by atoms with Crippen molar-refractivity contribution in [1.29, 1.82) is 0 Å². The first-order valence-electron chi connectivity index (χ1n) is 15.0. The van der Waals surface area contributed by atoms with Gasteiger partial charge in [0.2, 0.25) is 0 Å². The first kappa shape index (κ1) is 31.8. The zero-order valence-corrected chi connectivity index (χ0v) is 28.6. The van der Waals surface area contributed by atoms with Crippen LogP contribution in [0.3, 0.4) is 0 Å². The van der Waals surface area contributed by atoms with Gasteiger partial charge in [-0.25, -0.2) is 15.0 Å². The third-order valence-electron chi connectivity index (χ3n) is 9.10. The third kappa shape index (κ3) is 5.89. The number of hydrogen-bond donors (Lipinski definition) is 1. The smallest absolute Gasteiger partial charge is 0.163 e. The van der Waals surface area contributed by atoms with Gasteiger partial charge in [0.25, 0.3) is 0 Å². The van der Waals surface area contributed by atoms with Crippen molar-refractivity contribution in [3.8, 4) is 5.75 Å². The molecule has 0 spiro atoms. The summed E-state index contributed by atoms with van der Waals surface area (Å²) < 4.78 is 27.9. The Morgan fingerprint density at radius 1 is 1.07 bits per heavy atom. The molecule has 1 unspecified atom stereocenters. The second kappa shape index (κ2) is 12.3. The fourth-order valence-corrected chi connectivity index (χ4v) is 7.67. The lowest BCUT2D eigenvalue weighted by atomic mass is 9.77. The SMILES string of the molecule is COc1ccc(COC[C@]2(CC(O)c3ccc4cc(Br)c(Cl)nc4c3)C[C@@H](n3ccc4c(Cl)ncnc43)[C@@H]3OC(C)(C)O[C@@H]32)cc1. The average molecular weight is 728 g/mol. The van der Waals surface area contributed by atoms with Gasteiger partial charge in [-0.3, -0.25) is 0 Å². The number of methoxy groups -OCH3 is 1. The van der Waals surface area contributed by atoms with Gasteiger partial charge in [-0.05, 0) is 84.1 Å². The highest BCUT2D eigenvalue weighted by molar-refractivity contribution is 9.10. The minimum atomic E-state index is -0.844. The van der Waals surface area contributed by atoms with E-state index in [1.165, 1.54) is 6.33 Å². The molecule has 5 atom stereocenters. The van der Waals surface area contributed by atoms with Crippen molar-refractivity contribution in [1.82, 2.24) is 19.5 Å². The second-order valence-electron chi connectivity index (χ2n) is 12.6. The Balaban J connectivity index is 1.25. The van der Waals surface area contributed by atoms with E-state index in [2.05, 4.69) is 35.4 Å². The Kier molecular flexibility index (Phi) is 8.50. The van der Waals surface area contributed by atoms with Crippen LogP contribution < -0.4 is 4.74 Å². The lowest BCUT2D eigenvalue weighted by molar-refractivity contribution is -0.178. The second-order valence-corrected chi connectivity index (χ2v) is 14.1. The van der Waals surface area contributed by atoms with Gasteiger partial charge in [0, 0.05) is 17.0 Å². The molecule has 5 aromatic rings. The molecule has 0 radical (unpaired) electrons. The lowest BCUT2D eigenvalue weighted by Crippen LogP contribution is -2.41. The highest BCUT2D eigenvalue weighted by Gasteiger charge is 2.62. The molecule has 9 nitrogen and oxygen atoms in total. The molecule has 1 aliphatic carbocycles. The van der Waals surface area contributed by atoms with Crippen molar-refractivity contribution < 1.29 is 24.1 Å². The summed E-state index contributed by atoms with van der Waals surface area (Å²) in [6.07, 6.45) is 2.86. The minimum absolute atomic E-state index is 0.165. The normalized spacial score (nSPS) is 24.5.